The first-order chi connectivity index (χ1) is 10.5. The number of rotatable bonds is 3. The van der Waals surface area contributed by atoms with E-state index in [1.54, 1.807) is 30.6 Å². The summed E-state index contributed by atoms with van der Waals surface area (Å²) in [5.41, 5.74) is 0. The summed E-state index contributed by atoms with van der Waals surface area (Å²) in [6, 6.07) is 6.55. The summed E-state index contributed by atoms with van der Waals surface area (Å²) in [5.74, 6) is 0.860. The van der Waals surface area contributed by atoms with Gasteiger partial charge in [0.05, 0.1) is 4.90 Å². The van der Waals surface area contributed by atoms with Crippen molar-refractivity contribution in [3.63, 3.8) is 0 Å². The molecule has 2 heterocycles. The Bertz CT molecular complexity index is 749. The number of aryl methyl sites for hydroxylation is 1. The van der Waals surface area contributed by atoms with Crippen LogP contribution in [-0.4, -0.2) is 40.6 Å². The van der Waals surface area contributed by atoms with Crippen molar-refractivity contribution in [2.75, 3.05) is 13.1 Å². The van der Waals surface area contributed by atoms with Crippen LogP contribution in [-0.2, 0) is 10.0 Å². The van der Waals surface area contributed by atoms with Crippen molar-refractivity contribution < 1.29 is 8.42 Å². The van der Waals surface area contributed by atoms with Crippen LogP contribution in [0.25, 0.3) is 0 Å². The lowest BCUT2D eigenvalue weighted by molar-refractivity contribution is 0.271. The number of nitrogens with zero attached hydrogens (tertiary/aromatic N) is 4. The second-order valence-electron chi connectivity index (χ2n) is 5.37. The van der Waals surface area contributed by atoms with Crippen LogP contribution in [0.1, 0.15) is 24.7 Å². The molecule has 8 heteroatoms. The van der Waals surface area contributed by atoms with Crippen molar-refractivity contribution in [1.82, 2.24) is 19.1 Å². The molecule has 2 aromatic rings. The average Bonchev–Trinajstić information content (AvgIpc) is 2.94. The van der Waals surface area contributed by atoms with E-state index in [-0.39, 0.29) is 10.9 Å². The van der Waals surface area contributed by atoms with Crippen LogP contribution in [0.3, 0.4) is 0 Å². The molecule has 0 amide bonds. The molecule has 0 saturated carbocycles. The maximum Gasteiger partial charge on any atom is 0.243 e. The molecule has 22 heavy (non-hydrogen) atoms. The van der Waals surface area contributed by atoms with E-state index in [0.29, 0.717) is 18.1 Å². The zero-order valence-electron chi connectivity index (χ0n) is 12.2. The molecule has 1 aliphatic rings. The normalized spacial score (nSPS) is 17.7. The maximum atomic E-state index is 12.6. The largest absolute Gasteiger partial charge is 0.315 e. The predicted molar refractivity (Wildman–Crippen MR) is 83.2 cm³/mol. The molecule has 0 unspecified atom stereocenters. The molecule has 0 bridgehead atoms. The summed E-state index contributed by atoms with van der Waals surface area (Å²) >= 11 is 5.82. The molecular formula is C14H17ClN4O2S. The molecule has 118 valence electrons. The quantitative estimate of drug-likeness (QED) is 0.859. The Morgan fingerprint density at radius 3 is 2.36 bits per heavy atom. The number of sulfonamides is 1. The fourth-order valence-corrected chi connectivity index (χ4v) is 4.37. The first-order valence-electron chi connectivity index (χ1n) is 7.10. The maximum absolute atomic E-state index is 12.6. The summed E-state index contributed by atoms with van der Waals surface area (Å²) in [5, 5.41) is 8.40. The first kappa shape index (κ1) is 15.5. The minimum absolute atomic E-state index is 0.256. The van der Waals surface area contributed by atoms with E-state index in [2.05, 4.69) is 10.2 Å². The highest BCUT2D eigenvalue weighted by molar-refractivity contribution is 7.89. The predicted octanol–water partition coefficient (Wildman–Crippen LogP) is 2.27. The van der Waals surface area contributed by atoms with E-state index in [1.165, 1.54) is 4.31 Å². The van der Waals surface area contributed by atoms with E-state index in [9.17, 15) is 8.42 Å². The van der Waals surface area contributed by atoms with Gasteiger partial charge >= 0.3 is 0 Å². The molecule has 0 atom stereocenters. The Kier molecular flexibility index (Phi) is 4.20. The van der Waals surface area contributed by atoms with Crippen LogP contribution < -0.4 is 0 Å². The van der Waals surface area contributed by atoms with Gasteiger partial charge in [-0.3, -0.25) is 0 Å². The highest BCUT2D eigenvalue weighted by Crippen LogP contribution is 2.27. The van der Waals surface area contributed by atoms with Crippen molar-refractivity contribution in [2.45, 2.75) is 30.7 Å². The summed E-state index contributed by atoms with van der Waals surface area (Å²) in [4.78, 5) is 0.288. The molecule has 0 radical (unpaired) electrons. The van der Waals surface area contributed by atoms with Gasteiger partial charge < -0.3 is 4.57 Å². The molecule has 1 fully saturated rings. The molecule has 1 saturated heterocycles. The molecule has 6 nitrogen and oxygen atoms in total. The van der Waals surface area contributed by atoms with Gasteiger partial charge in [-0.15, -0.1) is 10.2 Å². The van der Waals surface area contributed by atoms with Crippen LogP contribution in [0, 0.1) is 6.92 Å². The number of halogens is 1. The summed E-state index contributed by atoms with van der Waals surface area (Å²) < 4.78 is 28.8. The third-order valence-electron chi connectivity index (χ3n) is 4.02. The second kappa shape index (κ2) is 5.98. The summed E-state index contributed by atoms with van der Waals surface area (Å²) in [6.07, 6.45) is 3.22. The molecule has 3 rings (SSSR count). The molecule has 1 aromatic carbocycles. The number of benzene rings is 1. The zero-order valence-corrected chi connectivity index (χ0v) is 13.8. The summed E-state index contributed by atoms with van der Waals surface area (Å²) in [6.45, 7) is 2.89. The van der Waals surface area contributed by atoms with Gasteiger partial charge in [-0.25, -0.2) is 8.42 Å². The van der Waals surface area contributed by atoms with Crippen LogP contribution in [0.5, 0.6) is 0 Å². The van der Waals surface area contributed by atoms with Gasteiger partial charge in [-0.05, 0) is 44.0 Å². The number of hydrogen-bond donors (Lipinski definition) is 0. The topological polar surface area (TPSA) is 68.1 Å². The standard InChI is InChI=1S/C14H17ClN4O2S/c1-11-17-16-10-19(11)13-6-8-18(9-7-13)22(20,21)14-4-2-12(15)3-5-14/h2-5,10,13H,6-9H2,1H3. The Morgan fingerprint density at radius 1 is 1.18 bits per heavy atom. The van der Waals surface area contributed by atoms with Crippen molar-refractivity contribution in [2.24, 2.45) is 0 Å². The molecule has 1 aliphatic heterocycles. The fourth-order valence-electron chi connectivity index (χ4n) is 2.78. The van der Waals surface area contributed by atoms with Crippen molar-refractivity contribution >= 4 is 21.6 Å². The van der Waals surface area contributed by atoms with E-state index in [1.807, 2.05) is 11.5 Å². The Hall–Kier alpha value is -1.44. The van der Waals surface area contributed by atoms with Gasteiger partial charge in [0.25, 0.3) is 0 Å². The molecular weight excluding hydrogens is 324 g/mol. The fraction of sp³-hybridized carbons (Fsp3) is 0.429. The van der Waals surface area contributed by atoms with E-state index in [4.69, 9.17) is 11.6 Å². The number of aromatic nitrogens is 3. The van der Waals surface area contributed by atoms with Crippen LogP contribution in [0.15, 0.2) is 35.5 Å². The van der Waals surface area contributed by atoms with Gasteiger partial charge in [-0.2, -0.15) is 4.31 Å². The van der Waals surface area contributed by atoms with E-state index < -0.39 is 10.0 Å². The molecule has 0 spiro atoms. The number of hydrogen-bond acceptors (Lipinski definition) is 4. The van der Waals surface area contributed by atoms with Gasteiger partial charge in [-0.1, -0.05) is 11.6 Å². The van der Waals surface area contributed by atoms with E-state index >= 15 is 0 Å². The number of piperidine rings is 1. The molecule has 1 aromatic heterocycles. The van der Waals surface area contributed by atoms with Gasteiger partial charge in [0.15, 0.2) is 0 Å². The van der Waals surface area contributed by atoms with Crippen LogP contribution >= 0.6 is 11.6 Å². The smallest absolute Gasteiger partial charge is 0.243 e. The third kappa shape index (κ3) is 2.88. The van der Waals surface area contributed by atoms with Crippen molar-refractivity contribution in [1.29, 1.82) is 0 Å². The highest BCUT2D eigenvalue weighted by Gasteiger charge is 2.30. The minimum atomic E-state index is -3.45. The lowest BCUT2D eigenvalue weighted by Gasteiger charge is -2.32. The van der Waals surface area contributed by atoms with Crippen LogP contribution in [0.2, 0.25) is 5.02 Å². The Balaban J connectivity index is 1.73. The molecule has 0 N–H and O–H groups in total. The lowest BCUT2D eigenvalue weighted by atomic mass is 10.1. The average molecular weight is 341 g/mol. The van der Waals surface area contributed by atoms with Crippen molar-refractivity contribution in [3.8, 4) is 0 Å². The zero-order chi connectivity index (χ0) is 15.7. The Labute approximate surface area is 134 Å². The van der Waals surface area contributed by atoms with E-state index in [0.717, 1.165) is 18.7 Å². The van der Waals surface area contributed by atoms with Crippen molar-refractivity contribution in [3.05, 3.63) is 41.4 Å². The lowest BCUT2D eigenvalue weighted by Crippen LogP contribution is -2.39. The highest BCUT2D eigenvalue weighted by atomic mass is 35.5. The minimum Gasteiger partial charge on any atom is -0.315 e. The third-order valence-corrected chi connectivity index (χ3v) is 6.19. The first-order valence-corrected chi connectivity index (χ1v) is 8.92. The Morgan fingerprint density at radius 2 is 1.82 bits per heavy atom. The van der Waals surface area contributed by atoms with Gasteiger partial charge in [0.2, 0.25) is 10.0 Å². The monoisotopic (exact) mass is 340 g/mol. The van der Waals surface area contributed by atoms with Gasteiger partial charge in [0.1, 0.15) is 12.2 Å². The molecule has 0 aliphatic carbocycles. The van der Waals surface area contributed by atoms with Crippen LogP contribution in [0.4, 0.5) is 0 Å². The summed E-state index contributed by atoms with van der Waals surface area (Å²) in [7, 11) is -3.45. The van der Waals surface area contributed by atoms with Gasteiger partial charge in [0, 0.05) is 24.2 Å². The second-order valence-corrected chi connectivity index (χ2v) is 7.75. The SMILES string of the molecule is Cc1nncn1C1CCN(S(=O)(=O)c2ccc(Cl)cc2)CC1.